The van der Waals surface area contributed by atoms with Crippen LogP contribution in [0.2, 0.25) is 0 Å². The van der Waals surface area contributed by atoms with Gasteiger partial charge in [-0.05, 0) is 60.2 Å². The van der Waals surface area contributed by atoms with Crippen LogP contribution in [0.25, 0.3) is 0 Å². The van der Waals surface area contributed by atoms with Gasteiger partial charge in [0.15, 0.2) is 0 Å². The summed E-state index contributed by atoms with van der Waals surface area (Å²) in [5.74, 6) is -0.800. The molecule has 1 heterocycles. The molecule has 0 bridgehead atoms. The average molecular weight is 424 g/mol. The zero-order chi connectivity index (χ0) is 22.4. The normalized spacial score (nSPS) is 15.9. The van der Waals surface area contributed by atoms with Crippen molar-refractivity contribution >= 4 is 29.1 Å². The molecule has 2 aromatic carbocycles. The number of carbonyl (C=O) groups is 3. The molecule has 1 aliphatic heterocycles. The van der Waals surface area contributed by atoms with Crippen molar-refractivity contribution in [2.45, 2.75) is 45.1 Å². The zero-order valence-electron chi connectivity index (χ0n) is 18.2. The molecule has 3 rings (SSSR count). The Labute approximate surface area is 182 Å². The summed E-state index contributed by atoms with van der Waals surface area (Å²) in [4.78, 5) is 36.5. The SMILES string of the molecule is CC(C)(C)c1ccc(C(=O)NCC(=O)Nc2ccc(NC(=O)C3CCCO3)cc2)cc1. The van der Waals surface area contributed by atoms with E-state index < -0.39 is 6.10 Å². The molecular formula is C24H29N3O4. The Balaban J connectivity index is 1.45. The molecule has 0 spiro atoms. The van der Waals surface area contributed by atoms with E-state index in [9.17, 15) is 14.4 Å². The van der Waals surface area contributed by atoms with Gasteiger partial charge in [0.2, 0.25) is 5.91 Å². The van der Waals surface area contributed by atoms with E-state index in [1.165, 1.54) is 0 Å². The van der Waals surface area contributed by atoms with Crippen LogP contribution in [0.3, 0.4) is 0 Å². The Bertz CT molecular complexity index is 925. The molecule has 0 saturated carbocycles. The van der Waals surface area contributed by atoms with Crippen LogP contribution in [0.1, 0.15) is 49.5 Å². The maximum Gasteiger partial charge on any atom is 0.253 e. The van der Waals surface area contributed by atoms with Crippen LogP contribution >= 0.6 is 0 Å². The lowest BCUT2D eigenvalue weighted by Gasteiger charge is -2.19. The van der Waals surface area contributed by atoms with Crippen molar-refractivity contribution in [2.24, 2.45) is 0 Å². The first-order chi connectivity index (χ1) is 14.7. The summed E-state index contributed by atoms with van der Waals surface area (Å²) >= 11 is 0. The van der Waals surface area contributed by atoms with Crippen molar-refractivity contribution in [3.05, 3.63) is 59.7 Å². The number of ether oxygens (including phenoxy) is 1. The Morgan fingerprint density at radius 1 is 0.935 bits per heavy atom. The summed E-state index contributed by atoms with van der Waals surface area (Å²) in [5, 5.41) is 8.15. The number of nitrogens with one attached hydrogen (secondary N) is 3. The Kier molecular flexibility index (Phi) is 7.07. The van der Waals surface area contributed by atoms with E-state index in [1.54, 1.807) is 36.4 Å². The van der Waals surface area contributed by atoms with Gasteiger partial charge in [-0.1, -0.05) is 32.9 Å². The summed E-state index contributed by atoms with van der Waals surface area (Å²) in [5.41, 5.74) is 2.86. The van der Waals surface area contributed by atoms with E-state index in [0.29, 0.717) is 23.5 Å². The first-order valence-electron chi connectivity index (χ1n) is 10.4. The van der Waals surface area contributed by atoms with Crippen LogP contribution in [-0.2, 0) is 19.7 Å². The molecule has 1 unspecified atom stereocenters. The molecule has 0 radical (unpaired) electrons. The smallest absolute Gasteiger partial charge is 0.253 e. The van der Waals surface area contributed by atoms with Gasteiger partial charge < -0.3 is 20.7 Å². The fourth-order valence-corrected chi connectivity index (χ4v) is 3.23. The number of hydrogen-bond acceptors (Lipinski definition) is 4. The molecule has 1 saturated heterocycles. The van der Waals surface area contributed by atoms with Crippen molar-refractivity contribution in [2.75, 3.05) is 23.8 Å². The maximum absolute atomic E-state index is 12.3. The number of carbonyl (C=O) groups excluding carboxylic acids is 3. The summed E-state index contributed by atoms with van der Waals surface area (Å²) in [6.07, 6.45) is 1.22. The molecule has 1 aliphatic rings. The monoisotopic (exact) mass is 423 g/mol. The molecule has 1 fully saturated rings. The lowest BCUT2D eigenvalue weighted by atomic mass is 9.87. The summed E-state index contributed by atoms with van der Waals surface area (Å²) in [6.45, 7) is 6.80. The summed E-state index contributed by atoms with van der Waals surface area (Å²) < 4.78 is 5.36. The second kappa shape index (κ2) is 9.75. The molecule has 2 aromatic rings. The largest absolute Gasteiger partial charge is 0.368 e. The standard InChI is InChI=1S/C24H29N3O4/c1-24(2,3)17-8-6-16(7-9-17)22(29)25-15-21(28)26-18-10-12-19(13-11-18)27-23(30)20-5-4-14-31-20/h6-13,20H,4-5,14-15H2,1-3H3,(H,25,29)(H,26,28)(H,27,30). The van der Waals surface area contributed by atoms with E-state index in [2.05, 4.69) is 36.7 Å². The van der Waals surface area contributed by atoms with Gasteiger partial charge in [0, 0.05) is 23.5 Å². The van der Waals surface area contributed by atoms with Crippen molar-refractivity contribution in [1.82, 2.24) is 5.32 Å². The van der Waals surface area contributed by atoms with E-state index >= 15 is 0 Å². The quantitative estimate of drug-likeness (QED) is 0.663. The van der Waals surface area contributed by atoms with Crippen molar-refractivity contribution < 1.29 is 19.1 Å². The molecule has 31 heavy (non-hydrogen) atoms. The fourth-order valence-electron chi connectivity index (χ4n) is 3.23. The van der Waals surface area contributed by atoms with Crippen molar-refractivity contribution in [1.29, 1.82) is 0 Å². The Morgan fingerprint density at radius 3 is 2.10 bits per heavy atom. The zero-order valence-corrected chi connectivity index (χ0v) is 18.2. The van der Waals surface area contributed by atoms with Gasteiger partial charge in [-0.25, -0.2) is 0 Å². The van der Waals surface area contributed by atoms with E-state index in [1.807, 2.05) is 12.1 Å². The first kappa shape index (κ1) is 22.5. The van der Waals surface area contributed by atoms with Crippen LogP contribution in [0.5, 0.6) is 0 Å². The van der Waals surface area contributed by atoms with Gasteiger partial charge in [0.1, 0.15) is 6.10 Å². The van der Waals surface area contributed by atoms with Crippen LogP contribution in [-0.4, -0.2) is 37.0 Å². The van der Waals surface area contributed by atoms with Gasteiger partial charge in [-0.3, -0.25) is 14.4 Å². The fraction of sp³-hybridized carbons (Fsp3) is 0.375. The number of amides is 3. The second-order valence-electron chi connectivity index (χ2n) is 8.63. The van der Waals surface area contributed by atoms with Crippen LogP contribution in [0.15, 0.2) is 48.5 Å². The number of rotatable bonds is 6. The highest BCUT2D eigenvalue weighted by Gasteiger charge is 2.23. The molecule has 1 atom stereocenters. The minimum absolute atomic E-state index is 0.0114. The van der Waals surface area contributed by atoms with Crippen LogP contribution in [0.4, 0.5) is 11.4 Å². The lowest BCUT2D eigenvalue weighted by molar-refractivity contribution is -0.124. The van der Waals surface area contributed by atoms with Gasteiger partial charge in [-0.2, -0.15) is 0 Å². The summed E-state index contributed by atoms with van der Waals surface area (Å²) in [7, 11) is 0. The molecular weight excluding hydrogens is 394 g/mol. The lowest BCUT2D eigenvalue weighted by Crippen LogP contribution is -2.32. The minimum atomic E-state index is -0.396. The first-order valence-corrected chi connectivity index (χ1v) is 10.4. The van der Waals surface area contributed by atoms with Crippen LogP contribution < -0.4 is 16.0 Å². The van der Waals surface area contributed by atoms with E-state index in [0.717, 1.165) is 18.4 Å². The Hall–Kier alpha value is -3.19. The predicted molar refractivity (Wildman–Crippen MR) is 120 cm³/mol. The molecule has 0 aromatic heterocycles. The highest BCUT2D eigenvalue weighted by Crippen LogP contribution is 2.22. The molecule has 0 aliphatic carbocycles. The topological polar surface area (TPSA) is 96.5 Å². The second-order valence-corrected chi connectivity index (χ2v) is 8.63. The van der Waals surface area contributed by atoms with Gasteiger partial charge in [-0.15, -0.1) is 0 Å². The number of anilines is 2. The van der Waals surface area contributed by atoms with Crippen molar-refractivity contribution in [3.63, 3.8) is 0 Å². The van der Waals surface area contributed by atoms with Gasteiger partial charge >= 0.3 is 0 Å². The molecule has 7 nitrogen and oxygen atoms in total. The number of hydrogen-bond donors (Lipinski definition) is 3. The highest BCUT2D eigenvalue weighted by molar-refractivity contribution is 5.99. The average Bonchev–Trinajstić information content (AvgIpc) is 3.28. The molecule has 164 valence electrons. The molecule has 3 N–H and O–H groups in total. The van der Waals surface area contributed by atoms with E-state index in [4.69, 9.17) is 4.74 Å². The predicted octanol–water partition coefficient (Wildman–Crippen LogP) is 3.47. The van der Waals surface area contributed by atoms with E-state index in [-0.39, 0.29) is 29.7 Å². The van der Waals surface area contributed by atoms with Crippen molar-refractivity contribution in [3.8, 4) is 0 Å². The number of benzene rings is 2. The molecule has 7 heteroatoms. The third-order valence-corrected chi connectivity index (χ3v) is 5.08. The van der Waals surface area contributed by atoms with Gasteiger partial charge in [0.25, 0.3) is 11.8 Å². The molecule has 3 amide bonds. The third-order valence-electron chi connectivity index (χ3n) is 5.08. The van der Waals surface area contributed by atoms with Gasteiger partial charge in [0.05, 0.1) is 6.54 Å². The van der Waals surface area contributed by atoms with Crippen LogP contribution in [0, 0.1) is 0 Å². The maximum atomic E-state index is 12.3. The third kappa shape index (κ3) is 6.39. The Morgan fingerprint density at radius 2 is 1.55 bits per heavy atom. The summed E-state index contributed by atoms with van der Waals surface area (Å²) in [6, 6.07) is 14.2. The minimum Gasteiger partial charge on any atom is -0.368 e. The highest BCUT2D eigenvalue weighted by atomic mass is 16.5.